The minimum atomic E-state index is -0.609. The van der Waals surface area contributed by atoms with Gasteiger partial charge in [0, 0.05) is 10.0 Å². The maximum atomic E-state index is 14.4. The van der Waals surface area contributed by atoms with Gasteiger partial charge < -0.3 is 9.73 Å². The van der Waals surface area contributed by atoms with Crippen LogP contribution in [0.3, 0.4) is 0 Å². The van der Waals surface area contributed by atoms with Gasteiger partial charge in [0.15, 0.2) is 5.76 Å². The fourth-order valence-electron chi connectivity index (χ4n) is 2.33. The topological polar surface area (TPSA) is 42.2 Å². The number of furan rings is 1. The molecular weight excluding hydrogens is 361 g/mol. The van der Waals surface area contributed by atoms with Crippen molar-refractivity contribution in [3.63, 3.8) is 0 Å². The smallest absolute Gasteiger partial charge is 0.287 e. The van der Waals surface area contributed by atoms with Crippen LogP contribution in [-0.2, 0) is 0 Å². The molecule has 0 radical (unpaired) electrons. The fourth-order valence-corrected chi connectivity index (χ4v) is 2.66. The zero-order chi connectivity index (χ0) is 16.2. The molecule has 0 spiro atoms. The van der Waals surface area contributed by atoms with E-state index < -0.39 is 17.8 Å². The predicted octanol–water partition coefficient (Wildman–Crippen LogP) is 4.70. The molecule has 3 rings (SSSR count). The van der Waals surface area contributed by atoms with Crippen molar-refractivity contribution < 1.29 is 13.6 Å². The predicted molar refractivity (Wildman–Crippen MR) is 88.6 cm³/mol. The summed E-state index contributed by atoms with van der Waals surface area (Å²) in [6.45, 7) is 0. The van der Waals surface area contributed by atoms with E-state index in [1.807, 2.05) is 30.3 Å². The Balaban J connectivity index is 1.99. The molecule has 3 aromatic rings. The van der Waals surface area contributed by atoms with Gasteiger partial charge in [-0.2, -0.15) is 0 Å². The average Bonchev–Trinajstić information content (AvgIpc) is 3.08. The molecule has 3 nitrogen and oxygen atoms in total. The van der Waals surface area contributed by atoms with Crippen LogP contribution in [-0.4, -0.2) is 5.91 Å². The summed E-state index contributed by atoms with van der Waals surface area (Å²) in [5.41, 5.74) is 1.17. The summed E-state index contributed by atoms with van der Waals surface area (Å²) in [5.74, 6) is -0.609. The minimum Gasteiger partial charge on any atom is -0.459 e. The first kappa shape index (κ1) is 15.5. The molecule has 1 unspecified atom stereocenters. The highest BCUT2D eigenvalue weighted by Crippen LogP contribution is 2.27. The Hall–Kier alpha value is -2.40. The van der Waals surface area contributed by atoms with Gasteiger partial charge in [0.05, 0.1) is 12.3 Å². The van der Waals surface area contributed by atoms with E-state index in [1.54, 1.807) is 24.3 Å². The number of rotatable bonds is 4. The molecule has 0 saturated carbocycles. The number of hydrogen-bond donors (Lipinski definition) is 1. The molecule has 23 heavy (non-hydrogen) atoms. The minimum absolute atomic E-state index is 0.184. The van der Waals surface area contributed by atoms with Crippen LogP contribution >= 0.6 is 15.9 Å². The van der Waals surface area contributed by atoms with Crippen molar-refractivity contribution in [2.75, 3.05) is 0 Å². The van der Waals surface area contributed by atoms with Crippen LogP contribution in [0.1, 0.15) is 27.7 Å². The Morgan fingerprint density at radius 1 is 1.09 bits per heavy atom. The molecule has 1 atom stereocenters. The molecule has 116 valence electrons. The van der Waals surface area contributed by atoms with Gasteiger partial charge in [0.2, 0.25) is 0 Å². The highest BCUT2D eigenvalue weighted by molar-refractivity contribution is 9.10. The molecule has 1 amide bonds. The van der Waals surface area contributed by atoms with Crippen LogP contribution < -0.4 is 5.32 Å². The Morgan fingerprint density at radius 2 is 1.87 bits per heavy atom. The molecule has 0 saturated heterocycles. The third-order valence-electron chi connectivity index (χ3n) is 3.43. The standard InChI is InChI=1S/C18H13BrFNO2/c19-13-8-9-14(15(20)11-13)17(12-5-2-1-3-6-12)21-18(22)16-7-4-10-23-16/h1-11,17H,(H,21,22). The molecule has 2 aromatic carbocycles. The molecular formula is C18H13BrFNO2. The zero-order valence-corrected chi connectivity index (χ0v) is 13.6. The zero-order valence-electron chi connectivity index (χ0n) is 12.0. The summed E-state index contributed by atoms with van der Waals surface area (Å²) in [7, 11) is 0. The lowest BCUT2D eigenvalue weighted by atomic mass is 9.98. The largest absolute Gasteiger partial charge is 0.459 e. The van der Waals surface area contributed by atoms with E-state index in [4.69, 9.17) is 4.42 Å². The van der Waals surface area contributed by atoms with Crippen LogP contribution in [0, 0.1) is 5.82 Å². The number of hydrogen-bond acceptors (Lipinski definition) is 2. The first-order chi connectivity index (χ1) is 11.1. The van der Waals surface area contributed by atoms with E-state index in [1.165, 1.54) is 12.3 Å². The second-order valence-corrected chi connectivity index (χ2v) is 5.88. The Morgan fingerprint density at radius 3 is 2.52 bits per heavy atom. The van der Waals surface area contributed by atoms with Crippen molar-refractivity contribution in [3.8, 4) is 0 Å². The van der Waals surface area contributed by atoms with Crippen molar-refractivity contribution in [2.24, 2.45) is 0 Å². The van der Waals surface area contributed by atoms with Crippen LogP contribution in [0.4, 0.5) is 4.39 Å². The molecule has 0 fully saturated rings. The highest BCUT2D eigenvalue weighted by Gasteiger charge is 2.22. The first-order valence-electron chi connectivity index (χ1n) is 6.99. The van der Waals surface area contributed by atoms with Crippen molar-refractivity contribution in [3.05, 3.63) is 94.1 Å². The Kier molecular flexibility index (Phi) is 4.57. The van der Waals surface area contributed by atoms with Gasteiger partial charge in [-0.3, -0.25) is 4.79 Å². The molecule has 0 aliphatic heterocycles. The van der Waals surface area contributed by atoms with Gasteiger partial charge in [-0.15, -0.1) is 0 Å². The maximum Gasteiger partial charge on any atom is 0.287 e. The van der Waals surface area contributed by atoms with E-state index in [0.717, 1.165) is 5.56 Å². The first-order valence-corrected chi connectivity index (χ1v) is 7.78. The summed E-state index contributed by atoms with van der Waals surface area (Å²) in [5, 5.41) is 2.82. The second-order valence-electron chi connectivity index (χ2n) is 4.96. The SMILES string of the molecule is O=C(NC(c1ccccc1)c1ccc(Br)cc1F)c1ccco1. The lowest BCUT2D eigenvalue weighted by Crippen LogP contribution is -2.29. The van der Waals surface area contributed by atoms with Gasteiger partial charge in [-0.05, 0) is 29.8 Å². The summed E-state index contributed by atoms with van der Waals surface area (Å²) >= 11 is 3.24. The van der Waals surface area contributed by atoms with Crippen LogP contribution in [0.5, 0.6) is 0 Å². The van der Waals surface area contributed by atoms with Gasteiger partial charge in [-0.1, -0.05) is 52.3 Å². The van der Waals surface area contributed by atoms with E-state index in [-0.39, 0.29) is 5.76 Å². The Labute approximate surface area is 141 Å². The molecule has 0 aliphatic rings. The summed E-state index contributed by atoms with van der Waals surface area (Å²) in [6.07, 6.45) is 1.42. The third-order valence-corrected chi connectivity index (χ3v) is 3.92. The van der Waals surface area contributed by atoms with Gasteiger partial charge in [0.1, 0.15) is 5.82 Å². The molecule has 1 aromatic heterocycles. The number of amides is 1. The van der Waals surface area contributed by atoms with Crippen molar-refractivity contribution in [1.29, 1.82) is 0 Å². The fraction of sp³-hybridized carbons (Fsp3) is 0.0556. The monoisotopic (exact) mass is 373 g/mol. The number of carbonyl (C=O) groups excluding carboxylic acids is 1. The van der Waals surface area contributed by atoms with Crippen molar-refractivity contribution in [2.45, 2.75) is 6.04 Å². The van der Waals surface area contributed by atoms with Gasteiger partial charge >= 0.3 is 0 Å². The van der Waals surface area contributed by atoms with Gasteiger partial charge in [0.25, 0.3) is 5.91 Å². The quantitative estimate of drug-likeness (QED) is 0.719. The lowest BCUT2D eigenvalue weighted by molar-refractivity contribution is 0.0914. The highest BCUT2D eigenvalue weighted by atomic mass is 79.9. The third kappa shape index (κ3) is 3.51. The van der Waals surface area contributed by atoms with Crippen LogP contribution in [0.25, 0.3) is 0 Å². The summed E-state index contributed by atoms with van der Waals surface area (Å²) < 4.78 is 20.1. The second kappa shape index (κ2) is 6.79. The van der Waals surface area contributed by atoms with E-state index >= 15 is 0 Å². The molecule has 1 N–H and O–H groups in total. The van der Waals surface area contributed by atoms with Crippen LogP contribution in [0.15, 0.2) is 75.8 Å². The van der Waals surface area contributed by atoms with E-state index in [2.05, 4.69) is 21.2 Å². The number of halogens is 2. The molecule has 5 heteroatoms. The van der Waals surface area contributed by atoms with E-state index in [0.29, 0.717) is 10.0 Å². The molecule has 0 bridgehead atoms. The molecule has 0 aliphatic carbocycles. The summed E-state index contributed by atoms with van der Waals surface area (Å²) in [6, 6.07) is 16.6. The Bertz CT molecular complexity index is 803. The maximum absolute atomic E-state index is 14.4. The van der Waals surface area contributed by atoms with Gasteiger partial charge in [-0.25, -0.2) is 4.39 Å². The summed E-state index contributed by atoms with van der Waals surface area (Å²) in [4.78, 5) is 12.3. The van der Waals surface area contributed by atoms with E-state index in [9.17, 15) is 9.18 Å². The number of benzene rings is 2. The number of nitrogens with one attached hydrogen (secondary N) is 1. The average molecular weight is 374 g/mol. The lowest BCUT2D eigenvalue weighted by Gasteiger charge is -2.20. The molecule has 1 heterocycles. The number of carbonyl (C=O) groups is 1. The van der Waals surface area contributed by atoms with Crippen molar-refractivity contribution in [1.82, 2.24) is 5.32 Å². The normalized spacial score (nSPS) is 11.9. The van der Waals surface area contributed by atoms with Crippen LogP contribution in [0.2, 0.25) is 0 Å². The van der Waals surface area contributed by atoms with Crippen molar-refractivity contribution >= 4 is 21.8 Å².